The summed E-state index contributed by atoms with van der Waals surface area (Å²) in [5.74, 6) is -1.38. The standard InChI is InChI=1S/C36H58O18/c37-13-25-28(44)30(46)32(48)35(52-25)54-34-31(47)29(45)26(14-49-27(43)8-3-15-1-5-17(38)6-2-15)53-36(34)51-24-12-19-21(41)10-18(39)11-23(19)50-33(24)16-4-7-20(40)22(42)9-16/h3,8,15-26,28-42,44-48H,1-2,4-7,9-14H2/p+1. The van der Waals surface area contributed by atoms with Gasteiger partial charge in [0.2, 0.25) is 0 Å². The number of ether oxygens (including phenoxy) is 6. The highest BCUT2D eigenvalue weighted by Gasteiger charge is 2.56. The Labute approximate surface area is 312 Å². The summed E-state index contributed by atoms with van der Waals surface area (Å²) in [6.45, 7) is -1.28. The molecule has 19 unspecified atom stereocenters. The van der Waals surface area contributed by atoms with Crippen molar-refractivity contribution >= 4 is 5.97 Å². The molecule has 19 atom stereocenters. The number of aliphatic hydroxyl groups excluding tert-OH is 11. The summed E-state index contributed by atoms with van der Waals surface area (Å²) in [6.07, 6.45) is -15.4. The Kier molecular flexibility index (Phi) is 14.4. The lowest BCUT2D eigenvalue weighted by Crippen LogP contribution is -2.66. The van der Waals surface area contributed by atoms with Crippen LogP contribution in [-0.4, -0.2) is 190 Å². The van der Waals surface area contributed by atoms with Crippen molar-refractivity contribution in [2.75, 3.05) is 13.2 Å². The zero-order chi connectivity index (χ0) is 38.8. The quantitative estimate of drug-likeness (QED) is 0.0572. The molecule has 6 fully saturated rings. The first-order valence-corrected chi connectivity index (χ1v) is 19.3. The van der Waals surface area contributed by atoms with E-state index < -0.39 is 129 Å². The van der Waals surface area contributed by atoms with Gasteiger partial charge >= 0.3 is 5.97 Å². The van der Waals surface area contributed by atoms with E-state index in [2.05, 4.69) is 0 Å². The molecule has 310 valence electrons. The first-order chi connectivity index (χ1) is 25.7. The Hall–Kier alpha value is -1.43. The number of fused-ring (bicyclic) bond motifs is 1. The molecule has 0 aromatic carbocycles. The van der Waals surface area contributed by atoms with Crippen molar-refractivity contribution < 1.29 is 89.4 Å². The number of hydrogen-bond acceptors (Lipinski definition) is 17. The van der Waals surface area contributed by atoms with E-state index in [1.807, 2.05) is 0 Å². The average molecular weight is 780 g/mol. The Balaban J connectivity index is 1.23. The zero-order valence-corrected chi connectivity index (χ0v) is 30.1. The molecule has 18 heteroatoms. The number of rotatable bonds is 10. The Bertz CT molecular complexity index is 1230. The van der Waals surface area contributed by atoms with Gasteiger partial charge in [0.25, 0.3) is 0 Å². The summed E-state index contributed by atoms with van der Waals surface area (Å²) in [6, 6.07) is 0. The molecule has 0 radical (unpaired) electrons. The van der Waals surface area contributed by atoms with E-state index in [9.17, 15) is 61.0 Å². The third-order valence-corrected chi connectivity index (χ3v) is 12.3. The molecule has 0 spiro atoms. The lowest BCUT2D eigenvalue weighted by molar-refractivity contribution is -0.387. The Morgan fingerprint density at radius 1 is 0.667 bits per heavy atom. The van der Waals surface area contributed by atoms with E-state index in [1.54, 1.807) is 6.08 Å². The van der Waals surface area contributed by atoms with E-state index in [1.165, 1.54) is 6.08 Å². The summed E-state index contributed by atoms with van der Waals surface area (Å²) in [4.78, 5) is 12.7. The summed E-state index contributed by atoms with van der Waals surface area (Å²) < 4.78 is 34.6. The molecule has 3 saturated carbocycles. The van der Waals surface area contributed by atoms with Gasteiger partial charge in [0.15, 0.2) is 24.8 Å². The number of carbonyl (C=O) groups is 1. The summed E-state index contributed by atoms with van der Waals surface area (Å²) in [5, 5.41) is 116. The van der Waals surface area contributed by atoms with Crippen LogP contribution in [0, 0.1) is 17.8 Å². The fraction of sp³-hybridized carbons (Fsp3) is 0.917. The van der Waals surface area contributed by atoms with Crippen LogP contribution in [0.1, 0.15) is 64.2 Å². The van der Waals surface area contributed by atoms with Crippen LogP contribution in [0.5, 0.6) is 0 Å². The van der Waals surface area contributed by atoms with Crippen LogP contribution in [0.2, 0.25) is 0 Å². The van der Waals surface area contributed by atoms with Crippen LogP contribution in [0.25, 0.3) is 0 Å². The van der Waals surface area contributed by atoms with Crippen molar-refractivity contribution in [2.24, 2.45) is 17.8 Å². The van der Waals surface area contributed by atoms with Crippen LogP contribution in [-0.2, 0) is 28.5 Å². The van der Waals surface area contributed by atoms with Gasteiger partial charge in [0.1, 0.15) is 61.5 Å². The maximum absolute atomic E-state index is 12.7. The minimum atomic E-state index is -1.87. The van der Waals surface area contributed by atoms with E-state index >= 15 is 0 Å². The van der Waals surface area contributed by atoms with Gasteiger partial charge in [-0.15, -0.1) is 0 Å². The van der Waals surface area contributed by atoms with Gasteiger partial charge in [0.05, 0.1) is 43.0 Å². The minimum Gasteiger partial charge on any atom is -0.460 e. The number of esters is 1. The van der Waals surface area contributed by atoms with Gasteiger partial charge in [0, 0.05) is 24.8 Å². The molecular formula is C36H59O18+. The smallest absolute Gasteiger partial charge is 0.330 e. The van der Waals surface area contributed by atoms with Crippen molar-refractivity contribution in [1.82, 2.24) is 0 Å². The second-order valence-corrected chi connectivity index (χ2v) is 16.1. The molecule has 18 nitrogen and oxygen atoms in total. The lowest BCUT2D eigenvalue weighted by atomic mass is 9.72. The van der Waals surface area contributed by atoms with E-state index in [4.69, 9.17) is 28.4 Å². The molecule has 0 aromatic heterocycles. The number of aliphatic hydroxyl groups is 13. The summed E-state index contributed by atoms with van der Waals surface area (Å²) in [5.41, 5.74) is 0. The van der Waals surface area contributed by atoms with Crippen LogP contribution >= 0.6 is 0 Å². The van der Waals surface area contributed by atoms with Gasteiger partial charge in [-0.05, 0) is 57.3 Å². The normalized spacial score (nSPS) is 50.4. The monoisotopic (exact) mass is 779 g/mol. The Morgan fingerprint density at radius 2 is 1.37 bits per heavy atom. The fourth-order valence-corrected chi connectivity index (χ4v) is 9.03. The van der Waals surface area contributed by atoms with Gasteiger partial charge in [-0.3, -0.25) is 0 Å². The topological polar surface area (TPSA) is 299 Å². The van der Waals surface area contributed by atoms with Crippen LogP contribution in [0.15, 0.2) is 12.2 Å². The van der Waals surface area contributed by atoms with Crippen molar-refractivity contribution in [3.8, 4) is 0 Å². The van der Waals surface area contributed by atoms with E-state index in [0.29, 0.717) is 44.9 Å². The molecule has 3 heterocycles. The number of allylic oxidation sites excluding steroid dienone is 1. The van der Waals surface area contributed by atoms with Crippen LogP contribution in [0.3, 0.4) is 0 Å². The third kappa shape index (κ3) is 9.63. The van der Waals surface area contributed by atoms with Gasteiger partial charge < -0.3 is 84.6 Å². The highest BCUT2D eigenvalue weighted by molar-refractivity contribution is 5.81. The highest BCUT2D eigenvalue weighted by Crippen LogP contribution is 2.42. The molecule has 6 rings (SSSR count). The third-order valence-electron chi connectivity index (χ3n) is 12.3. The van der Waals surface area contributed by atoms with Gasteiger partial charge in [-0.2, -0.15) is 0 Å². The fourth-order valence-electron chi connectivity index (χ4n) is 9.03. The van der Waals surface area contributed by atoms with E-state index in [-0.39, 0.29) is 37.2 Å². The number of carbonyl (C=O) groups excluding carboxylic acids is 1. The first kappa shape index (κ1) is 42.2. The summed E-state index contributed by atoms with van der Waals surface area (Å²) in [7, 11) is 0. The van der Waals surface area contributed by atoms with E-state index in [0.717, 1.165) is 0 Å². The molecule has 6 aliphatic rings. The lowest BCUT2D eigenvalue weighted by Gasteiger charge is -2.49. The Morgan fingerprint density at radius 3 is 2.07 bits per heavy atom. The summed E-state index contributed by atoms with van der Waals surface area (Å²) >= 11 is 0. The maximum Gasteiger partial charge on any atom is 0.330 e. The molecule has 0 amide bonds. The second-order valence-electron chi connectivity index (χ2n) is 16.1. The molecule has 0 bridgehead atoms. The molecule has 3 saturated heterocycles. The zero-order valence-electron chi connectivity index (χ0n) is 30.1. The van der Waals surface area contributed by atoms with Crippen molar-refractivity contribution in [2.45, 2.75) is 174 Å². The molecular weight excluding hydrogens is 720 g/mol. The second kappa shape index (κ2) is 18.4. The molecule has 0 aromatic rings. The predicted octanol–water partition coefficient (Wildman–Crippen LogP) is -4.02. The highest BCUT2D eigenvalue weighted by atomic mass is 16.8. The first-order valence-electron chi connectivity index (χ1n) is 19.3. The van der Waals surface area contributed by atoms with Crippen molar-refractivity contribution in [3.05, 3.63) is 12.2 Å². The molecule has 3 aliphatic heterocycles. The van der Waals surface area contributed by atoms with Crippen LogP contribution < -0.4 is 0 Å². The van der Waals surface area contributed by atoms with Crippen LogP contribution in [0.4, 0.5) is 0 Å². The number of hydrogen-bond donors (Lipinski definition) is 11. The average Bonchev–Trinajstić information content (AvgIpc) is 3.14. The largest absolute Gasteiger partial charge is 0.460 e. The molecule has 54 heavy (non-hydrogen) atoms. The van der Waals surface area contributed by atoms with Crippen molar-refractivity contribution in [1.29, 1.82) is 0 Å². The van der Waals surface area contributed by atoms with Gasteiger partial charge in [-0.25, -0.2) is 4.79 Å². The van der Waals surface area contributed by atoms with Gasteiger partial charge in [-0.1, -0.05) is 6.08 Å². The van der Waals surface area contributed by atoms with Crippen molar-refractivity contribution in [3.63, 3.8) is 0 Å². The SMILES string of the molecule is O=C(C=CC1CCC(O)CC1)OCC1OC(OC2CC3C(O)CC(O)CC3[OH+]C2C2CCC(O)C(O)C2)C(OC2OC(CO)C(O)C(O)C2O)C(O)C1O. The predicted molar refractivity (Wildman–Crippen MR) is 181 cm³/mol. The minimum absolute atomic E-state index is 0.0883. The maximum atomic E-state index is 12.7. The molecule has 3 aliphatic carbocycles. The molecule has 12 N–H and O–H groups in total.